The molecule has 1 fully saturated rings. The van der Waals surface area contributed by atoms with Crippen LogP contribution < -0.4 is 0 Å². The van der Waals surface area contributed by atoms with Crippen molar-refractivity contribution in [1.29, 1.82) is 0 Å². The second kappa shape index (κ2) is 5.04. The normalized spacial score (nSPS) is 46.4. The van der Waals surface area contributed by atoms with Gasteiger partial charge in [-0.25, -0.2) is 0 Å². The van der Waals surface area contributed by atoms with E-state index in [0.29, 0.717) is 5.33 Å². The Morgan fingerprint density at radius 1 is 1.38 bits per heavy atom. The Balaban J connectivity index is 2.66. The first kappa shape index (κ1) is 11.9. The Labute approximate surface area is 93.5 Å². The number of hydrogen-bond acceptors (Lipinski definition) is 4. The van der Waals surface area contributed by atoms with E-state index in [4.69, 9.17) is 9.47 Å². The molecule has 1 rings (SSSR count). The molecule has 0 aromatic rings. The van der Waals surface area contributed by atoms with E-state index in [1.165, 1.54) is 7.11 Å². The minimum Gasteiger partial charge on any atom is -0.389 e. The van der Waals surface area contributed by atoms with Crippen LogP contribution in [0.25, 0.3) is 0 Å². The van der Waals surface area contributed by atoms with Crippen LogP contribution in [0.2, 0.25) is 0 Å². The average molecular weight is 320 g/mol. The zero-order valence-corrected chi connectivity index (χ0v) is 10.2. The number of aliphatic hydroxyl groups is 2. The van der Waals surface area contributed by atoms with Gasteiger partial charge in [-0.05, 0) is 0 Å². The molecule has 5 atom stereocenters. The molecule has 78 valence electrons. The summed E-state index contributed by atoms with van der Waals surface area (Å²) < 4.78 is 10.3. The van der Waals surface area contributed by atoms with Crippen LogP contribution in [0.4, 0.5) is 0 Å². The maximum Gasteiger partial charge on any atom is 0.172 e. The smallest absolute Gasteiger partial charge is 0.172 e. The average Bonchev–Trinajstić information content (AvgIpc) is 2.15. The molecule has 13 heavy (non-hydrogen) atoms. The van der Waals surface area contributed by atoms with Gasteiger partial charge < -0.3 is 19.7 Å². The molecule has 0 aliphatic carbocycles. The van der Waals surface area contributed by atoms with Gasteiger partial charge >= 0.3 is 0 Å². The lowest BCUT2D eigenvalue weighted by Gasteiger charge is -2.39. The monoisotopic (exact) mass is 318 g/mol. The highest BCUT2D eigenvalue weighted by Crippen LogP contribution is 2.27. The minimum absolute atomic E-state index is 0.400. The number of methoxy groups -OCH3 is 1. The number of halogens is 2. The molecule has 1 aliphatic rings. The fraction of sp³-hybridized carbons (Fsp3) is 1.00. The van der Waals surface area contributed by atoms with Crippen molar-refractivity contribution in [2.45, 2.75) is 29.4 Å². The summed E-state index contributed by atoms with van der Waals surface area (Å²) in [5.74, 6) is 0. The molecule has 4 nitrogen and oxygen atoms in total. The summed E-state index contributed by atoms with van der Waals surface area (Å²) in [6.45, 7) is 0. The van der Waals surface area contributed by atoms with Crippen LogP contribution in [0.3, 0.4) is 0 Å². The summed E-state index contributed by atoms with van der Waals surface area (Å²) in [5.41, 5.74) is 0. The Bertz CT molecular complexity index is 149. The predicted octanol–water partition coefficient (Wildman–Crippen LogP) is 0.238. The lowest BCUT2D eigenvalue weighted by molar-refractivity contribution is -0.229. The standard InChI is InChI=1S/C7H12Br2O4/c1-12-7-4(9)6(11)5(10)3(2-8)13-7/h3-7,10-11H,2H2,1H3/t3-,4+,5-,6-,7+/m1/s1. The van der Waals surface area contributed by atoms with Crippen LogP contribution in [0.1, 0.15) is 0 Å². The van der Waals surface area contributed by atoms with Crippen molar-refractivity contribution < 1.29 is 19.7 Å². The van der Waals surface area contributed by atoms with Crippen molar-refractivity contribution in [3.63, 3.8) is 0 Å². The summed E-state index contributed by atoms with van der Waals surface area (Å²) in [5, 5.41) is 19.6. The number of rotatable bonds is 2. The van der Waals surface area contributed by atoms with Crippen molar-refractivity contribution in [3.8, 4) is 0 Å². The summed E-state index contributed by atoms with van der Waals surface area (Å²) in [4.78, 5) is -0.400. The molecule has 0 spiro atoms. The van der Waals surface area contributed by atoms with E-state index >= 15 is 0 Å². The summed E-state index contributed by atoms with van der Waals surface area (Å²) >= 11 is 6.39. The maximum absolute atomic E-state index is 9.57. The fourth-order valence-electron chi connectivity index (χ4n) is 1.21. The van der Waals surface area contributed by atoms with E-state index in [2.05, 4.69) is 31.9 Å². The summed E-state index contributed by atoms with van der Waals surface area (Å²) in [6.07, 6.45) is -2.73. The lowest BCUT2D eigenvalue weighted by Crippen LogP contribution is -2.56. The molecule has 2 N–H and O–H groups in total. The SMILES string of the molecule is CO[C@H]1O[C@H](CBr)[C@@H](O)[C@H](O)[C@@H]1Br. The van der Waals surface area contributed by atoms with Crippen LogP contribution in [-0.2, 0) is 9.47 Å². The molecule has 0 radical (unpaired) electrons. The Morgan fingerprint density at radius 2 is 2.00 bits per heavy atom. The third-order valence-electron chi connectivity index (χ3n) is 2.01. The summed E-state index contributed by atoms with van der Waals surface area (Å²) in [6, 6.07) is 0. The molecule has 0 aromatic carbocycles. The fourth-order valence-corrected chi connectivity index (χ4v) is 2.40. The Hall–Kier alpha value is 0.800. The molecule has 0 aromatic heterocycles. The van der Waals surface area contributed by atoms with E-state index in [-0.39, 0.29) is 0 Å². The minimum atomic E-state index is -0.893. The van der Waals surface area contributed by atoms with Gasteiger partial charge in [-0.2, -0.15) is 0 Å². The van der Waals surface area contributed by atoms with Gasteiger partial charge in [0.15, 0.2) is 6.29 Å². The van der Waals surface area contributed by atoms with Gasteiger partial charge in [-0.1, -0.05) is 31.9 Å². The predicted molar refractivity (Wildman–Crippen MR) is 54.2 cm³/mol. The van der Waals surface area contributed by atoms with Gasteiger partial charge in [0.05, 0.1) is 17.0 Å². The van der Waals surface area contributed by atoms with Crippen LogP contribution in [0.5, 0.6) is 0 Å². The molecule has 6 heteroatoms. The van der Waals surface area contributed by atoms with Crippen molar-refractivity contribution in [2.24, 2.45) is 0 Å². The van der Waals surface area contributed by atoms with E-state index in [0.717, 1.165) is 0 Å². The number of ether oxygens (including phenoxy) is 2. The molecule has 1 heterocycles. The highest BCUT2D eigenvalue weighted by atomic mass is 79.9. The molecule has 0 amide bonds. The highest BCUT2D eigenvalue weighted by Gasteiger charge is 2.42. The van der Waals surface area contributed by atoms with E-state index in [1.807, 2.05) is 0 Å². The molecule has 1 aliphatic heterocycles. The second-order valence-corrected chi connectivity index (χ2v) is 4.56. The first-order chi connectivity index (χ1) is 6.11. The number of alkyl halides is 2. The van der Waals surface area contributed by atoms with Gasteiger partial charge in [0.25, 0.3) is 0 Å². The molecule has 0 bridgehead atoms. The van der Waals surface area contributed by atoms with E-state index in [1.54, 1.807) is 0 Å². The van der Waals surface area contributed by atoms with Crippen LogP contribution in [-0.4, -0.2) is 52.1 Å². The van der Waals surface area contributed by atoms with Crippen LogP contribution in [0, 0.1) is 0 Å². The van der Waals surface area contributed by atoms with Crippen molar-refractivity contribution in [1.82, 2.24) is 0 Å². The quantitative estimate of drug-likeness (QED) is 0.716. The Kier molecular flexibility index (Phi) is 4.61. The molecule has 1 saturated heterocycles. The van der Waals surface area contributed by atoms with Gasteiger partial charge in [0.1, 0.15) is 6.10 Å². The first-order valence-corrected chi connectivity index (χ1v) is 5.90. The zero-order valence-electron chi connectivity index (χ0n) is 7.06. The molecule has 0 unspecified atom stereocenters. The topological polar surface area (TPSA) is 58.9 Å². The van der Waals surface area contributed by atoms with Crippen molar-refractivity contribution >= 4 is 31.9 Å². The maximum atomic E-state index is 9.57. The number of hydrogen-bond donors (Lipinski definition) is 2. The zero-order chi connectivity index (χ0) is 10.0. The molecule has 0 saturated carbocycles. The van der Waals surface area contributed by atoms with Gasteiger partial charge in [-0.3, -0.25) is 0 Å². The Morgan fingerprint density at radius 3 is 2.46 bits per heavy atom. The van der Waals surface area contributed by atoms with Gasteiger partial charge in [0, 0.05) is 12.4 Å². The van der Waals surface area contributed by atoms with Gasteiger partial charge in [-0.15, -0.1) is 0 Å². The molecular weight excluding hydrogens is 308 g/mol. The largest absolute Gasteiger partial charge is 0.389 e. The second-order valence-electron chi connectivity index (χ2n) is 2.86. The van der Waals surface area contributed by atoms with Gasteiger partial charge in [0.2, 0.25) is 0 Å². The third kappa shape index (κ3) is 2.43. The molecular formula is C7H12Br2O4. The first-order valence-electron chi connectivity index (χ1n) is 3.86. The van der Waals surface area contributed by atoms with Crippen LogP contribution in [0.15, 0.2) is 0 Å². The van der Waals surface area contributed by atoms with E-state index in [9.17, 15) is 10.2 Å². The lowest BCUT2D eigenvalue weighted by atomic mass is 10.0. The highest BCUT2D eigenvalue weighted by molar-refractivity contribution is 9.09. The van der Waals surface area contributed by atoms with E-state index < -0.39 is 29.4 Å². The van der Waals surface area contributed by atoms with Crippen LogP contribution >= 0.6 is 31.9 Å². The van der Waals surface area contributed by atoms with Crippen molar-refractivity contribution in [3.05, 3.63) is 0 Å². The summed E-state index contributed by atoms with van der Waals surface area (Å²) in [7, 11) is 1.49. The third-order valence-corrected chi connectivity index (χ3v) is 3.62. The number of aliphatic hydroxyl groups excluding tert-OH is 2. The van der Waals surface area contributed by atoms with Crippen molar-refractivity contribution in [2.75, 3.05) is 12.4 Å².